The molecule has 0 spiro atoms. The van der Waals surface area contributed by atoms with Crippen molar-refractivity contribution < 1.29 is 23.1 Å². The van der Waals surface area contributed by atoms with E-state index in [1.807, 2.05) is 0 Å². The van der Waals surface area contributed by atoms with E-state index in [-0.39, 0.29) is 5.56 Å². The third kappa shape index (κ3) is 2.81. The van der Waals surface area contributed by atoms with Gasteiger partial charge < -0.3 is 5.11 Å². The van der Waals surface area contributed by atoms with Crippen molar-refractivity contribution in [1.29, 1.82) is 0 Å². The lowest BCUT2D eigenvalue weighted by Gasteiger charge is -2.27. The highest BCUT2D eigenvalue weighted by molar-refractivity contribution is 5.80. The van der Waals surface area contributed by atoms with Crippen LogP contribution in [0.15, 0.2) is 24.3 Å². The van der Waals surface area contributed by atoms with Crippen molar-refractivity contribution in [3.63, 3.8) is 0 Å². The highest BCUT2D eigenvalue weighted by Crippen LogP contribution is 2.32. The number of carboxylic acids is 1. The Morgan fingerprint density at radius 1 is 1.33 bits per heavy atom. The van der Waals surface area contributed by atoms with Gasteiger partial charge in [0.05, 0.1) is 5.56 Å². The fourth-order valence-corrected chi connectivity index (χ4v) is 1.66. The van der Waals surface area contributed by atoms with Crippen molar-refractivity contribution in [2.24, 2.45) is 0 Å². The van der Waals surface area contributed by atoms with Crippen molar-refractivity contribution in [3.8, 4) is 0 Å². The van der Waals surface area contributed by atoms with Crippen molar-refractivity contribution in [2.45, 2.75) is 25.6 Å². The van der Waals surface area contributed by atoms with Gasteiger partial charge in [-0.15, -0.1) is 0 Å². The summed E-state index contributed by atoms with van der Waals surface area (Å²) in [6.07, 6.45) is -4.48. The fraction of sp³-hybridized carbons (Fsp3) is 0.417. The van der Waals surface area contributed by atoms with Gasteiger partial charge in [0.2, 0.25) is 0 Å². The first-order valence-corrected chi connectivity index (χ1v) is 5.38. The standard InChI is InChI=1S/C12H14F3NO2/c1-3-16-11(2,10(17)18)8-5-4-6-9(7-8)12(13,14)15/h4-7,16H,3H2,1-2H3,(H,17,18)/t11-/m1/s1. The highest BCUT2D eigenvalue weighted by Gasteiger charge is 2.37. The molecule has 0 fully saturated rings. The van der Waals surface area contributed by atoms with Crippen LogP contribution in [-0.4, -0.2) is 17.6 Å². The average molecular weight is 261 g/mol. The number of carboxylic acid groups (broad SMARTS) is 1. The lowest BCUT2D eigenvalue weighted by atomic mass is 9.90. The van der Waals surface area contributed by atoms with Crippen molar-refractivity contribution >= 4 is 5.97 Å². The first kappa shape index (κ1) is 14.5. The molecule has 3 nitrogen and oxygen atoms in total. The largest absolute Gasteiger partial charge is 0.480 e. The Labute approximate surface area is 103 Å². The lowest BCUT2D eigenvalue weighted by Crippen LogP contribution is -2.46. The molecule has 1 atom stereocenters. The maximum Gasteiger partial charge on any atom is 0.416 e. The molecule has 0 heterocycles. The molecule has 100 valence electrons. The first-order valence-electron chi connectivity index (χ1n) is 5.38. The first-order chi connectivity index (χ1) is 8.21. The molecule has 6 heteroatoms. The number of nitrogens with one attached hydrogen (secondary N) is 1. The lowest BCUT2D eigenvalue weighted by molar-refractivity contribution is -0.145. The molecule has 1 aromatic carbocycles. The molecule has 18 heavy (non-hydrogen) atoms. The second kappa shape index (κ2) is 4.97. The minimum Gasteiger partial charge on any atom is -0.480 e. The summed E-state index contributed by atoms with van der Waals surface area (Å²) >= 11 is 0. The van der Waals surface area contributed by atoms with Crippen LogP contribution in [0.25, 0.3) is 0 Å². The third-order valence-corrected chi connectivity index (χ3v) is 2.73. The van der Waals surface area contributed by atoms with E-state index in [9.17, 15) is 18.0 Å². The Morgan fingerprint density at radius 2 is 1.89 bits per heavy atom. The summed E-state index contributed by atoms with van der Waals surface area (Å²) in [6.45, 7) is 3.36. The topological polar surface area (TPSA) is 49.3 Å². The van der Waals surface area contributed by atoms with E-state index in [0.717, 1.165) is 12.1 Å². The van der Waals surface area contributed by atoms with Crippen LogP contribution in [0.1, 0.15) is 25.0 Å². The highest BCUT2D eigenvalue weighted by atomic mass is 19.4. The van der Waals surface area contributed by atoms with Gasteiger partial charge in [0.25, 0.3) is 0 Å². The summed E-state index contributed by atoms with van der Waals surface area (Å²) in [5.41, 5.74) is -2.31. The molecule has 2 N–H and O–H groups in total. The van der Waals surface area contributed by atoms with Crippen LogP contribution >= 0.6 is 0 Å². The van der Waals surface area contributed by atoms with Crippen molar-refractivity contribution in [1.82, 2.24) is 5.32 Å². The van der Waals surface area contributed by atoms with Gasteiger partial charge in [0.1, 0.15) is 5.54 Å². The third-order valence-electron chi connectivity index (χ3n) is 2.73. The van der Waals surface area contributed by atoms with Crippen LogP contribution in [0.4, 0.5) is 13.2 Å². The van der Waals surface area contributed by atoms with Crippen LogP contribution in [0.5, 0.6) is 0 Å². The van der Waals surface area contributed by atoms with E-state index >= 15 is 0 Å². The van der Waals surface area contributed by atoms with Gasteiger partial charge in [-0.25, -0.2) is 4.79 Å². The number of halogens is 3. The minimum absolute atomic E-state index is 0.0756. The number of hydrogen-bond acceptors (Lipinski definition) is 2. The zero-order valence-corrected chi connectivity index (χ0v) is 10.0. The van der Waals surface area contributed by atoms with Crippen LogP contribution in [0, 0.1) is 0 Å². The second-order valence-electron chi connectivity index (χ2n) is 4.04. The number of rotatable bonds is 4. The maximum absolute atomic E-state index is 12.6. The monoisotopic (exact) mass is 261 g/mol. The quantitative estimate of drug-likeness (QED) is 0.876. The summed E-state index contributed by atoms with van der Waals surface area (Å²) in [7, 11) is 0. The fourth-order valence-electron chi connectivity index (χ4n) is 1.66. The summed E-state index contributed by atoms with van der Waals surface area (Å²) < 4.78 is 37.7. The second-order valence-corrected chi connectivity index (χ2v) is 4.04. The maximum atomic E-state index is 12.6. The Hall–Kier alpha value is -1.56. The number of benzene rings is 1. The summed E-state index contributed by atoms with van der Waals surface area (Å²) in [5.74, 6) is -1.22. The Balaban J connectivity index is 3.27. The van der Waals surface area contributed by atoms with E-state index in [1.54, 1.807) is 6.92 Å². The molecule has 0 amide bonds. The van der Waals surface area contributed by atoms with Crippen LogP contribution in [0.2, 0.25) is 0 Å². The van der Waals surface area contributed by atoms with E-state index in [4.69, 9.17) is 5.11 Å². The zero-order chi connectivity index (χ0) is 14.0. The number of aliphatic carboxylic acids is 1. The van der Waals surface area contributed by atoms with Gasteiger partial charge in [-0.3, -0.25) is 5.32 Å². The summed E-state index contributed by atoms with van der Waals surface area (Å²) in [5, 5.41) is 11.9. The predicted molar refractivity (Wildman–Crippen MR) is 60.1 cm³/mol. The molecule has 1 aromatic rings. The van der Waals surface area contributed by atoms with Crippen molar-refractivity contribution in [3.05, 3.63) is 35.4 Å². The minimum atomic E-state index is -4.48. The molecule has 0 aromatic heterocycles. The number of hydrogen-bond donors (Lipinski definition) is 2. The molecule has 1 rings (SSSR count). The molecule has 0 saturated heterocycles. The number of alkyl halides is 3. The molecule has 0 bridgehead atoms. The van der Waals surface area contributed by atoms with Crippen molar-refractivity contribution in [2.75, 3.05) is 6.54 Å². The van der Waals surface area contributed by atoms with E-state index in [2.05, 4.69) is 5.32 Å². The number of carbonyl (C=O) groups is 1. The molecule has 0 unspecified atom stereocenters. The molecule has 0 aliphatic carbocycles. The molecule has 0 saturated carbocycles. The van der Waals surface area contributed by atoms with Gasteiger partial charge in [-0.2, -0.15) is 13.2 Å². The Kier molecular flexibility index (Phi) is 4.01. The Morgan fingerprint density at radius 3 is 2.33 bits per heavy atom. The normalized spacial score (nSPS) is 15.2. The average Bonchev–Trinajstić information content (AvgIpc) is 2.28. The van der Waals surface area contributed by atoms with E-state index in [1.165, 1.54) is 19.1 Å². The van der Waals surface area contributed by atoms with Gasteiger partial charge >= 0.3 is 12.1 Å². The van der Waals surface area contributed by atoms with E-state index in [0.29, 0.717) is 6.54 Å². The SMILES string of the molecule is CCN[C@@](C)(C(=O)O)c1cccc(C(F)(F)F)c1. The van der Waals surface area contributed by atoms with Gasteiger partial charge in [-0.05, 0) is 31.2 Å². The predicted octanol–water partition coefficient (Wildman–Crippen LogP) is 2.61. The molecular weight excluding hydrogens is 247 g/mol. The van der Waals surface area contributed by atoms with Gasteiger partial charge in [0.15, 0.2) is 0 Å². The zero-order valence-electron chi connectivity index (χ0n) is 10.0. The van der Waals surface area contributed by atoms with E-state index < -0.39 is 23.2 Å². The summed E-state index contributed by atoms with van der Waals surface area (Å²) in [4.78, 5) is 11.2. The molecular formula is C12H14F3NO2. The van der Waals surface area contributed by atoms with Crippen LogP contribution in [0.3, 0.4) is 0 Å². The Bertz CT molecular complexity index is 445. The van der Waals surface area contributed by atoms with Crippen LogP contribution < -0.4 is 5.32 Å². The molecule has 0 aliphatic rings. The number of likely N-dealkylation sites (N-methyl/N-ethyl adjacent to an activating group) is 1. The molecule has 0 aliphatic heterocycles. The smallest absolute Gasteiger partial charge is 0.416 e. The van der Waals surface area contributed by atoms with Crippen LogP contribution in [-0.2, 0) is 16.5 Å². The molecule has 0 radical (unpaired) electrons. The van der Waals surface area contributed by atoms with Gasteiger partial charge in [-0.1, -0.05) is 19.1 Å². The van der Waals surface area contributed by atoms with Gasteiger partial charge in [0, 0.05) is 0 Å². The summed E-state index contributed by atoms with van der Waals surface area (Å²) in [6, 6.07) is 4.34.